The van der Waals surface area contributed by atoms with Gasteiger partial charge in [0.2, 0.25) is 0 Å². The van der Waals surface area contributed by atoms with Crippen molar-refractivity contribution in [2.75, 3.05) is 0 Å². The Kier molecular flexibility index (Phi) is 4.29. The minimum absolute atomic E-state index is 0.197. The summed E-state index contributed by atoms with van der Waals surface area (Å²) in [7, 11) is 0. The van der Waals surface area contributed by atoms with Crippen LogP contribution in [0.15, 0.2) is 24.3 Å². The third-order valence-electron chi connectivity index (χ3n) is 2.49. The fraction of sp³-hybridized carbons (Fsp3) is 0.357. The number of rotatable bonds is 4. The molecule has 0 heterocycles. The minimum atomic E-state index is -0.746. The highest BCUT2D eigenvalue weighted by Crippen LogP contribution is 2.18. The predicted molar refractivity (Wildman–Crippen MR) is 66.4 cm³/mol. The molecule has 0 aliphatic carbocycles. The van der Waals surface area contributed by atoms with Crippen molar-refractivity contribution in [1.82, 2.24) is 0 Å². The Hall–Kier alpha value is -1.57. The molecule has 0 spiro atoms. The van der Waals surface area contributed by atoms with E-state index in [0.717, 1.165) is 5.57 Å². The van der Waals surface area contributed by atoms with Crippen molar-refractivity contribution in [1.29, 1.82) is 0 Å². The summed E-state index contributed by atoms with van der Waals surface area (Å²) in [6.45, 7) is 6.16. The quantitative estimate of drug-likeness (QED) is 0.838. The van der Waals surface area contributed by atoms with Crippen molar-refractivity contribution in [3.8, 4) is 0 Å². The molecule has 1 N–H and O–H groups in total. The van der Waals surface area contributed by atoms with Gasteiger partial charge >= 0.3 is 5.97 Å². The van der Waals surface area contributed by atoms with Crippen LogP contribution in [0.2, 0.25) is 0 Å². The van der Waals surface area contributed by atoms with Crippen LogP contribution in [0.1, 0.15) is 36.5 Å². The molecule has 0 radical (unpaired) electrons. The smallest absolute Gasteiger partial charge is 0.303 e. The molecule has 2 heteroatoms. The molecule has 0 aliphatic heterocycles. The lowest BCUT2D eigenvalue weighted by atomic mass is 10.0. The number of aliphatic carboxylic acids is 1. The minimum Gasteiger partial charge on any atom is -0.481 e. The average Bonchev–Trinajstić information content (AvgIpc) is 2.15. The number of carboxylic acid groups (broad SMARTS) is 1. The van der Waals surface area contributed by atoms with Gasteiger partial charge in [-0.3, -0.25) is 4.79 Å². The fourth-order valence-corrected chi connectivity index (χ4v) is 1.73. The number of hydrogen-bond donors (Lipinski definition) is 1. The lowest BCUT2D eigenvalue weighted by Crippen LogP contribution is -1.92. The Morgan fingerprint density at radius 3 is 2.31 bits per heavy atom. The van der Waals surface area contributed by atoms with Crippen molar-refractivity contribution in [2.24, 2.45) is 0 Å². The molecule has 0 aromatic heterocycles. The normalized spacial score (nSPS) is 11.6. The van der Waals surface area contributed by atoms with Crippen LogP contribution in [-0.2, 0) is 4.79 Å². The molecule has 2 nitrogen and oxygen atoms in total. The maximum absolute atomic E-state index is 10.4. The lowest BCUT2D eigenvalue weighted by Gasteiger charge is -2.05. The summed E-state index contributed by atoms with van der Waals surface area (Å²) in [5, 5.41) is 8.56. The zero-order chi connectivity index (χ0) is 12.1. The first-order valence-corrected chi connectivity index (χ1v) is 5.46. The Morgan fingerprint density at radius 2 is 1.81 bits per heavy atom. The number of carboxylic acids is 1. The fourth-order valence-electron chi connectivity index (χ4n) is 1.73. The third kappa shape index (κ3) is 3.89. The average molecular weight is 218 g/mol. The molecule has 1 rings (SSSR count). The Bertz CT molecular complexity index is 396. The van der Waals surface area contributed by atoms with Gasteiger partial charge < -0.3 is 5.11 Å². The molecule has 16 heavy (non-hydrogen) atoms. The standard InChI is InChI=1S/C14H18O2/c1-10-7-11(2)9-13(8-10)12(3)5-4-6-14(15)16/h5,7-9H,4,6H2,1-3H3,(H,15,16)/b12-5+. The van der Waals surface area contributed by atoms with Crippen molar-refractivity contribution in [3.63, 3.8) is 0 Å². The summed E-state index contributed by atoms with van der Waals surface area (Å²) in [5.74, 6) is -0.746. The zero-order valence-corrected chi connectivity index (χ0v) is 10.1. The molecule has 1 aromatic carbocycles. The number of benzene rings is 1. The van der Waals surface area contributed by atoms with Gasteiger partial charge in [-0.2, -0.15) is 0 Å². The van der Waals surface area contributed by atoms with E-state index in [4.69, 9.17) is 5.11 Å². The molecule has 0 bridgehead atoms. The first-order chi connectivity index (χ1) is 7.49. The maximum Gasteiger partial charge on any atom is 0.303 e. The van der Waals surface area contributed by atoms with Crippen molar-refractivity contribution >= 4 is 11.5 Å². The first-order valence-electron chi connectivity index (χ1n) is 5.46. The summed E-state index contributed by atoms with van der Waals surface area (Å²) in [5.41, 5.74) is 4.80. The number of allylic oxidation sites excluding steroid dienone is 2. The highest BCUT2D eigenvalue weighted by atomic mass is 16.4. The van der Waals surface area contributed by atoms with E-state index in [1.807, 2.05) is 13.0 Å². The molecule has 0 amide bonds. The second kappa shape index (κ2) is 5.50. The number of hydrogen-bond acceptors (Lipinski definition) is 1. The zero-order valence-electron chi connectivity index (χ0n) is 10.1. The summed E-state index contributed by atoms with van der Waals surface area (Å²) < 4.78 is 0. The summed E-state index contributed by atoms with van der Waals surface area (Å²) in [4.78, 5) is 10.4. The second-order valence-electron chi connectivity index (χ2n) is 4.20. The largest absolute Gasteiger partial charge is 0.481 e. The van der Waals surface area contributed by atoms with Gasteiger partial charge in [-0.1, -0.05) is 35.4 Å². The molecule has 86 valence electrons. The molecule has 0 saturated heterocycles. The molecule has 0 unspecified atom stereocenters. The lowest BCUT2D eigenvalue weighted by molar-refractivity contribution is -0.136. The van der Waals surface area contributed by atoms with Gasteiger partial charge in [-0.15, -0.1) is 0 Å². The van der Waals surface area contributed by atoms with Crippen molar-refractivity contribution in [2.45, 2.75) is 33.6 Å². The van der Waals surface area contributed by atoms with Crippen LogP contribution in [0, 0.1) is 13.8 Å². The van der Waals surface area contributed by atoms with Gasteiger partial charge in [0.05, 0.1) is 0 Å². The number of aryl methyl sites for hydroxylation is 2. The molecule has 1 aromatic rings. The molecule has 0 saturated carbocycles. The van der Waals surface area contributed by atoms with Crippen LogP contribution in [0.4, 0.5) is 0 Å². The summed E-state index contributed by atoms with van der Waals surface area (Å²) >= 11 is 0. The van der Waals surface area contributed by atoms with Gasteiger partial charge in [0.1, 0.15) is 0 Å². The highest BCUT2D eigenvalue weighted by molar-refractivity contribution is 5.68. The van der Waals surface area contributed by atoms with Crippen LogP contribution >= 0.6 is 0 Å². The topological polar surface area (TPSA) is 37.3 Å². The van der Waals surface area contributed by atoms with Crippen LogP contribution in [0.3, 0.4) is 0 Å². The summed E-state index contributed by atoms with van der Waals surface area (Å²) in [6, 6.07) is 6.38. The first kappa shape index (κ1) is 12.5. The molecular formula is C14H18O2. The van der Waals surface area contributed by atoms with Crippen LogP contribution in [-0.4, -0.2) is 11.1 Å². The van der Waals surface area contributed by atoms with E-state index in [9.17, 15) is 4.79 Å². The number of carbonyl (C=O) groups is 1. The third-order valence-corrected chi connectivity index (χ3v) is 2.49. The monoisotopic (exact) mass is 218 g/mol. The van der Waals surface area contributed by atoms with Gasteiger partial charge in [0.25, 0.3) is 0 Å². The van der Waals surface area contributed by atoms with E-state index in [2.05, 4.69) is 32.0 Å². The van der Waals surface area contributed by atoms with Crippen molar-refractivity contribution < 1.29 is 9.90 Å². The van der Waals surface area contributed by atoms with Crippen LogP contribution in [0.5, 0.6) is 0 Å². The predicted octanol–water partition coefficient (Wildman–Crippen LogP) is 3.57. The van der Waals surface area contributed by atoms with E-state index < -0.39 is 5.97 Å². The maximum atomic E-state index is 10.4. The van der Waals surface area contributed by atoms with E-state index >= 15 is 0 Å². The van der Waals surface area contributed by atoms with E-state index in [1.54, 1.807) is 0 Å². The second-order valence-corrected chi connectivity index (χ2v) is 4.20. The van der Waals surface area contributed by atoms with E-state index in [-0.39, 0.29) is 6.42 Å². The Morgan fingerprint density at radius 1 is 1.25 bits per heavy atom. The highest BCUT2D eigenvalue weighted by Gasteiger charge is 1.99. The van der Waals surface area contributed by atoms with Gasteiger partial charge in [-0.05, 0) is 38.3 Å². The Balaban J connectivity index is 2.79. The molecule has 0 aliphatic rings. The van der Waals surface area contributed by atoms with Crippen LogP contribution < -0.4 is 0 Å². The van der Waals surface area contributed by atoms with Crippen molar-refractivity contribution in [3.05, 3.63) is 41.0 Å². The molecule has 0 atom stereocenters. The Labute approximate surface area is 96.6 Å². The molecular weight excluding hydrogens is 200 g/mol. The van der Waals surface area contributed by atoms with Crippen LogP contribution in [0.25, 0.3) is 5.57 Å². The van der Waals surface area contributed by atoms with E-state index in [1.165, 1.54) is 16.7 Å². The summed E-state index contributed by atoms with van der Waals surface area (Å²) in [6.07, 6.45) is 2.78. The van der Waals surface area contributed by atoms with Gasteiger partial charge in [0.15, 0.2) is 0 Å². The molecule has 0 fully saturated rings. The van der Waals surface area contributed by atoms with Gasteiger partial charge in [-0.25, -0.2) is 0 Å². The van der Waals surface area contributed by atoms with Gasteiger partial charge in [0, 0.05) is 6.42 Å². The SMILES string of the molecule is C/C(=C\CCC(=O)O)c1cc(C)cc(C)c1. The van der Waals surface area contributed by atoms with E-state index in [0.29, 0.717) is 6.42 Å².